The Morgan fingerprint density at radius 1 is 1.50 bits per heavy atom. The van der Waals surface area contributed by atoms with Crippen LogP contribution in [0.1, 0.15) is 31.7 Å². The van der Waals surface area contributed by atoms with Crippen molar-refractivity contribution >= 4 is 17.7 Å². The van der Waals surface area contributed by atoms with Crippen LogP contribution in [0.25, 0.3) is 0 Å². The first-order chi connectivity index (χ1) is 10.6. The van der Waals surface area contributed by atoms with Crippen molar-refractivity contribution in [2.24, 2.45) is 0 Å². The maximum Gasteiger partial charge on any atom is 0.225 e. The minimum absolute atomic E-state index is 0.0523. The van der Waals surface area contributed by atoms with Crippen LogP contribution in [-0.2, 0) is 4.79 Å². The summed E-state index contributed by atoms with van der Waals surface area (Å²) in [6.45, 7) is 4.23. The van der Waals surface area contributed by atoms with E-state index < -0.39 is 0 Å². The van der Waals surface area contributed by atoms with Crippen LogP contribution in [-0.4, -0.2) is 23.4 Å². The van der Waals surface area contributed by atoms with E-state index in [1.165, 1.54) is 17.8 Å². The third-order valence-electron chi connectivity index (χ3n) is 3.33. The average Bonchev–Trinajstić information content (AvgIpc) is 2.49. The maximum atomic E-state index is 11.9. The largest absolute Gasteiger partial charge is 0.504 e. The third kappa shape index (κ3) is 3.37. The molecule has 1 aromatic rings. The molecule has 1 atom stereocenters. The van der Waals surface area contributed by atoms with Gasteiger partial charge in [0.25, 0.3) is 0 Å². The van der Waals surface area contributed by atoms with Crippen molar-refractivity contribution < 1.29 is 14.6 Å². The van der Waals surface area contributed by atoms with Crippen molar-refractivity contribution in [2.45, 2.75) is 26.2 Å². The van der Waals surface area contributed by atoms with Crippen molar-refractivity contribution in [3.8, 4) is 17.6 Å². The molecule has 0 aromatic heterocycles. The van der Waals surface area contributed by atoms with E-state index >= 15 is 0 Å². The second-order valence-electron chi connectivity index (χ2n) is 4.75. The third-order valence-corrected chi connectivity index (χ3v) is 4.23. The number of carbonyl (C=O) groups is 1. The number of nitriles is 1. The Morgan fingerprint density at radius 2 is 2.27 bits per heavy atom. The smallest absolute Gasteiger partial charge is 0.225 e. The molecule has 116 valence electrons. The minimum atomic E-state index is -0.312. The van der Waals surface area contributed by atoms with Gasteiger partial charge in [-0.25, -0.2) is 0 Å². The van der Waals surface area contributed by atoms with Crippen LogP contribution in [0.2, 0.25) is 0 Å². The van der Waals surface area contributed by atoms with E-state index in [1.54, 1.807) is 12.1 Å². The quantitative estimate of drug-likeness (QED) is 0.872. The summed E-state index contributed by atoms with van der Waals surface area (Å²) >= 11 is 1.45. The molecule has 5 nitrogen and oxygen atoms in total. The highest BCUT2D eigenvalue weighted by atomic mass is 32.2. The molecule has 0 fully saturated rings. The fourth-order valence-corrected chi connectivity index (χ4v) is 3.20. The van der Waals surface area contributed by atoms with Gasteiger partial charge in [-0.15, -0.1) is 11.8 Å². The number of nitrogens with one attached hydrogen (secondary N) is 1. The summed E-state index contributed by atoms with van der Waals surface area (Å²) in [6, 6.07) is 7.18. The molecule has 0 saturated carbocycles. The van der Waals surface area contributed by atoms with Crippen LogP contribution in [0, 0.1) is 11.3 Å². The fourth-order valence-electron chi connectivity index (χ4n) is 2.38. The van der Waals surface area contributed by atoms with Crippen LogP contribution in [0.5, 0.6) is 11.5 Å². The van der Waals surface area contributed by atoms with E-state index in [1.807, 2.05) is 13.8 Å². The lowest BCUT2D eigenvalue weighted by molar-refractivity contribution is -0.120. The summed E-state index contributed by atoms with van der Waals surface area (Å²) < 4.78 is 5.38. The molecule has 0 saturated heterocycles. The number of ether oxygens (including phenoxy) is 1. The van der Waals surface area contributed by atoms with Gasteiger partial charge in [-0.2, -0.15) is 5.26 Å². The molecule has 2 N–H and O–H groups in total. The van der Waals surface area contributed by atoms with Crippen molar-refractivity contribution in [3.05, 3.63) is 34.4 Å². The summed E-state index contributed by atoms with van der Waals surface area (Å²) in [7, 11) is 0. The molecule has 0 aliphatic carbocycles. The molecule has 1 aliphatic rings. The van der Waals surface area contributed by atoms with Gasteiger partial charge in [-0.3, -0.25) is 4.79 Å². The Bertz CT molecular complexity index is 649. The van der Waals surface area contributed by atoms with Crippen molar-refractivity contribution in [2.75, 3.05) is 12.4 Å². The van der Waals surface area contributed by atoms with Gasteiger partial charge in [0, 0.05) is 12.3 Å². The Balaban J connectivity index is 2.45. The normalized spacial score (nSPS) is 17.9. The van der Waals surface area contributed by atoms with E-state index in [2.05, 4.69) is 11.4 Å². The topological polar surface area (TPSA) is 82.3 Å². The molecule has 1 aromatic carbocycles. The van der Waals surface area contributed by atoms with E-state index in [4.69, 9.17) is 4.74 Å². The second-order valence-corrected chi connectivity index (χ2v) is 6.03. The van der Waals surface area contributed by atoms with Crippen molar-refractivity contribution in [1.82, 2.24) is 5.32 Å². The molecular formula is C16H18N2O3S. The molecule has 0 bridgehead atoms. The van der Waals surface area contributed by atoms with Crippen LogP contribution >= 0.6 is 11.8 Å². The van der Waals surface area contributed by atoms with Gasteiger partial charge in [0.2, 0.25) is 5.91 Å². The molecule has 6 heteroatoms. The number of hydrogen-bond acceptors (Lipinski definition) is 5. The lowest BCUT2D eigenvalue weighted by Gasteiger charge is -2.25. The predicted molar refractivity (Wildman–Crippen MR) is 85.5 cm³/mol. The van der Waals surface area contributed by atoms with E-state index in [0.29, 0.717) is 23.0 Å². The standard InChI is InChI=1S/C16H18N2O3S/c1-3-21-14-7-10(5-6-13(14)19)11-8-15(20)18-16(22-4-2)12(11)9-17/h5-7,11,19H,3-4,8H2,1-2H3,(H,18,20)/t11-/m0/s1. The highest BCUT2D eigenvalue weighted by molar-refractivity contribution is 8.03. The SMILES string of the molecule is CCOc1cc([C@@H]2CC(=O)NC(SCC)=C2C#N)ccc1O. The zero-order chi connectivity index (χ0) is 16.1. The summed E-state index contributed by atoms with van der Waals surface area (Å²) in [5.74, 6) is 0.774. The fraction of sp³-hybridized carbons (Fsp3) is 0.375. The number of phenolic OH excluding ortho intramolecular Hbond substituents is 1. The number of phenols is 1. The summed E-state index contributed by atoms with van der Waals surface area (Å²) in [6.07, 6.45) is 0.215. The molecule has 2 rings (SSSR count). The lowest BCUT2D eigenvalue weighted by atomic mass is 9.87. The van der Waals surface area contributed by atoms with Gasteiger partial charge in [0.15, 0.2) is 11.5 Å². The van der Waals surface area contributed by atoms with Crippen molar-refractivity contribution in [1.29, 1.82) is 5.26 Å². The highest BCUT2D eigenvalue weighted by Crippen LogP contribution is 2.38. The van der Waals surface area contributed by atoms with Gasteiger partial charge < -0.3 is 15.2 Å². The molecule has 22 heavy (non-hydrogen) atoms. The van der Waals surface area contributed by atoms with Crippen LogP contribution in [0.3, 0.4) is 0 Å². The van der Waals surface area contributed by atoms with E-state index in [9.17, 15) is 15.2 Å². The molecule has 1 aliphatic heterocycles. The lowest BCUT2D eigenvalue weighted by Crippen LogP contribution is -2.30. The van der Waals surface area contributed by atoms with Gasteiger partial charge in [-0.1, -0.05) is 13.0 Å². The zero-order valence-electron chi connectivity index (χ0n) is 12.5. The first-order valence-corrected chi connectivity index (χ1v) is 8.11. The van der Waals surface area contributed by atoms with Crippen LogP contribution < -0.4 is 10.1 Å². The van der Waals surface area contributed by atoms with Gasteiger partial charge in [0.05, 0.1) is 23.3 Å². The van der Waals surface area contributed by atoms with Gasteiger partial charge in [-0.05, 0) is 30.4 Å². The number of amides is 1. The Hall–Kier alpha value is -2.13. The summed E-state index contributed by atoms with van der Waals surface area (Å²) in [5.41, 5.74) is 1.35. The number of allylic oxidation sites excluding steroid dienone is 1. The van der Waals surface area contributed by atoms with Crippen molar-refractivity contribution in [3.63, 3.8) is 0 Å². The molecule has 1 amide bonds. The Kier molecular flexibility index (Phi) is 5.34. The van der Waals surface area contributed by atoms with E-state index in [0.717, 1.165) is 11.3 Å². The average molecular weight is 318 g/mol. The first-order valence-electron chi connectivity index (χ1n) is 7.13. The Labute approximate surface area is 134 Å². The van der Waals surface area contributed by atoms with Crippen LogP contribution in [0.4, 0.5) is 0 Å². The highest BCUT2D eigenvalue weighted by Gasteiger charge is 2.29. The number of hydrogen-bond donors (Lipinski definition) is 2. The first kappa shape index (κ1) is 16.2. The zero-order valence-corrected chi connectivity index (χ0v) is 13.4. The summed E-state index contributed by atoms with van der Waals surface area (Å²) in [4.78, 5) is 11.9. The molecule has 0 radical (unpaired) electrons. The number of aromatic hydroxyl groups is 1. The monoisotopic (exact) mass is 318 g/mol. The number of thioether (sulfide) groups is 1. The minimum Gasteiger partial charge on any atom is -0.504 e. The molecule has 0 spiro atoms. The maximum absolute atomic E-state index is 11.9. The molecular weight excluding hydrogens is 300 g/mol. The van der Waals surface area contributed by atoms with Gasteiger partial charge in [0.1, 0.15) is 0 Å². The number of nitrogens with zero attached hydrogens (tertiary/aromatic N) is 1. The molecule has 0 unspecified atom stereocenters. The number of benzene rings is 1. The summed E-state index contributed by atoms with van der Waals surface area (Å²) in [5, 5.41) is 22.7. The molecule has 1 heterocycles. The van der Waals surface area contributed by atoms with Gasteiger partial charge >= 0.3 is 0 Å². The Morgan fingerprint density at radius 3 is 2.91 bits per heavy atom. The predicted octanol–water partition coefficient (Wildman–Crippen LogP) is 2.88. The second kappa shape index (κ2) is 7.23. The number of carbonyl (C=O) groups excluding carboxylic acids is 1. The van der Waals surface area contributed by atoms with Crippen LogP contribution in [0.15, 0.2) is 28.8 Å². The van der Waals surface area contributed by atoms with E-state index in [-0.39, 0.29) is 24.0 Å². The number of rotatable bonds is 5.